The number of rotatable bonds is 10. The van der Waals surface area contributed by atoms with Gasteiger partial charge in [0.1, 0.15) is 11.9 Å². The van der Waals surface area contributed by atoms with Crippen LogP contribution in [0.15, 0.2) is 54.1 Å². The van der Waals surface area contributed by atoms with E-state index in [4.69, 9.17) is 29.2 Å². The van der Waals surface area contributed by atoms with E-state index in [1.807, 2.05) is 19.1 Å². The van der Waals surface area contributed by atoms with E-state index in [-0.39, 0.29) is 5.75 Å². The second kappa shape index (κ2) is 12.2. The Balaban J connectivity index is 1.44. The van der Waals surface area contributed by atoms with Gasteiger partial charge in [0.25, 0.3) is 6.29 Å². The minimum absolute atomic E-state index is 0.298. The fraction of sp³-hybridized carbons (Fsp3) is 0.400. The van der Waals surface area contributed by atoms with Gasteiger partial charge in [0.2, 0.25) is 0 Å². The van der Waals surface area contributed by atoms with Crippen molar-refractivity contribution in [2.45, 2.75) is 50.9 Å². The molecule has 10 nitrogen and oxygen atoms in total. The number of halogens is 3. The van der Waals surface area contributed by atoms with Crippen LogP contribution in [-0.2, 0) is 23.8 Å². The van der Waals surface area contributed by atoms with Gasteiger partial charge in [0.05, 0.1) is 33.6 Å². The highest BCUT2D eigenvalue weighted by molar-refractivity contribution is 7.17. The van der Waals surface area contributed by atoms with Crippen molar-refractivity contribution < 1.29 is 41.7 Å². The number of nitrogens with zero attached hydrogens (tertiary/aromatic N) is 3. The Hall–Kier alpha value is -3.46. The van der Waals surface area contributed by atoms with Crippen LogP contribution >= 0.6 is 11.3 Å². The predicted octanol–water partition coefficient (Wildman–Crippen LogP) is 5.01. The molecular formula is C25H27F3N4O6S. The zero-order chi connectivity index (χ0) is 28.2. The molecule has 1 fully saturated rings. The van der Waals surface area contributed by atoms with Gasteiger partial charge in [-0.1, -0.05) is 5.16 Å². The monoisotopic (exact) mass is 568 g/mol. The van der Waals surface area contributed by atoms with Crippen LogP contribution in [-0.4, -0.2) is 73.0 Å². The number of aromatic nitrogens is 2. The largest absolute Gasteiger partial charge is 0.573 e. The van der Waals surface area contributed by atoms with E-state index < -0.39 is 37.1 Å². The summed E-state index contributed by atoms with van der Waals surface area (Å²) in [6.45, 7) is 3.60. The van der Waals surface area contributed by atoms with Crippen LogP contribution in [0.3, 0.4) is 0 Å². The fourth-order valence-electron chi connectivity index (χ4n) is 4.12. The van der Waals surface area contributed by atoms with Crippen molar-refractivity contribution in [2.75, 3.05) is 14.2 Å². The molecule has 1 N–H and O–H groups in total. The normalized spacial score (nSPS) is 23.9. The molecule has 1 aliphatic heterocycles. The number of imidazole rings is 1. The molecule has 0 saturated carbocycles. The van der Waals surface area contributed by atoms with Crippen LogP contribution in [0.25, 0.3) is 16.3 Å². The van der Waals surface area contributed by atoms with Gasteiger partial charge in [0, 0.05) is 26.1 Å². The Bertz CT molecular complexity index is 1280. The maximum absolute atomic E-state index is 12.4. The van der Waals surface area contributed by atoms with Crippen LogP contribution in [0.2, 0.25) is 0 Å². The first-order chi connectivity index (χ1) is 18.6. The number of alkyl halides is 3. The van der Waals surface area contributed by atoms with E-state index in [1.165, 1.54) is 49.8 Å². The number of ether oxygens (including phenoxy) is 5. The molecule has 0 unspecified atom stereocenters. The Labute approximate surface area is 226 Å². The summed E-state index contributed by atoms with van der Waals surface area (Å²) in [5.74, 6) is -0.298. The molecule has 3 aromatic rings. The van der Waals surface area contributed by atoms with Crippen molar-refractivity contribution in [2.24, 2.45) is 5.16 Å². The van der Waals surface area contributed by atoms with Crippen molar-refractivity contribution in [1.82, 2.24) is 9.55 Å². The van der Waals surface area contributed by atoms with Crippen molar-refractivity contribution >= 4 is 23.4 Å². The van der Waals surface area contributed by atoms with Gasteiger partial charge >= 0.3 is 6.36 Å². The summed E-state index contributed by atoms with van der Waals surface area (Å²) in [7, 11) is 3.01. The van der Waals surface area contributed by atoms with Crippen molar-refractivity contribution in [3.8, 4) is 22.0 Å². The van der Waals surface area contributed by atoms with Gasteiger partial charge in [-0.25, -0.2) is 4.98 Å². The zero-order valence-electron chi connectivity index (χ0n) is 21.4. The quantitative estimate of drug-likeness (QED) is 0.208. The van der Waals surface area contributed by atoms with Gasteiger partial charge in [-0.2, -0.15) is 0 Å². The minimum atomic E-state index is -4.74. The average Bonchev–Trinajstić information content (AvgIpc) is 3.57. The van der Waals surface area contributed by atoms with Crippen molar-refractivity contribution in [1.29, 1.82) is 5.41 Å². The summed E-state index contributed by atoms with van der Waals surface area (Å²) in [6.07, 6.45) is -3.64. The molecule has 0 radical (unpaired) electrons. The highest BCUT2D eigenvalue weighted by atomic mass is 32.1. The standard InChI is InChI=1S/C25H27F3N4O6S/c1-14(31-38-24-23(34-4)22(35-12-29)21(33-3)15(2)36-24)19-9-10-20(39-19)18-11-32(13-30-18)16-5-7-17(8-6-16)37-25(26,27)28/h5-13,15,21-24,29H,1-4H3/b29-12?,31-14+/t15-,21-,22+,23+,24-/m0/s1. The third-order valence-corrected chi connectivity index (χ3v) is 7.17. The first kappa shape index (κ1) is 28.5. The topological polar surface area (TPSA) is 109 Å². The number of hydrogen-bond donors (Lipinski definition) is 1. The summed E-state index contributed by atoms with van der Waals surface area (Å²) in [5, 5.41) is 11.6. The molecule has 0 bridgehead atoms. The second-order valence-electron chi connectivity index (χ2n) is 8.48. The van der Waals surface area contributed by atoms with E-state index >= 15 is 0 Å². The first-order valence-electron chi connectivity index (χ1n) is 11.7. The van der Waals surface area contributed by atoms with Gasteiger partial charge in [0.15, 0.2) is 18.6 Å². The smallest absolute Gasteiger partial charge is 0.475 e. The molecule has 210 valence electrons. The Kier molecular flexibility index (Phi) is 8.90. The third kappa shape index (κ3) is 6.76. The summed E-state index contributed by atoms with van der Waals surface area (Å²) in [6, 6.07) is 9.27. The third-order valence-electron chi connectivity index (χ3n) is 5.96. The molecule has 0 amide bonds. The van der Waals surface area contributed by atoms with Crippen molar-refractivity contribution in [3.05, 3.63) is 53.8 Å². The molecule has 14 heteroatoms. The number of nitrogens with one attached hydrogen (secondary N) is 1. The number of hydrogen-bond acceptors (Lipinski definition) is 10. The molecule has 3 heterocycles. The summed E-state index contributed by atoms with van der Waals surface area (Å²) in [5.41, 5.74) is 1.90. The SMILES string of the molecule is CO[C@@H]1[C@@H](OC=N)[C@@H](OC)[C@H](O/N=C(\C)c2ccc(-c3cn(-c4ccc(OC(F)(F)F)cc4)cn3)s2)O[C@H]1C. The van der Waals surface area contributed by atoms with Gasteiger partial charge in [-0.15, -0.1) is 24.5 Å². The lowest BCUT2D eigenvalue weighted by Gasteiger charge is -2.42. The van der Waals surface area contributed by atoms with Gasteiger partial charge < -0.3 is 33.1 Å². The Morgan fingerprint density at radius 2 is 1.82 bits per heavy atom. The maximum Gasteiger partial charge on any atom is 0.573 e. The lowest BCUT2D eigenvalue weighted by Crippen LogP contribution is -2.59. The van der Waals surface area contributed by atoms with E-state index in [9.17, 15) is 13.2 Å². The highest BCUT2D eigenvalue weighted by Crippen LogP contribution is 2.30. The number of oxime groups is 1. The van der Waals surface area contributed by atoms with E-state index in [1.54, 1.807) is 24.0 Å². The fourth-order valence-corrected chi connectivity index (χ4v) is 5.03. The Morgan fingerprint density at radius 3 is 2.46 bits per heavy atom. The van der Waals surface area contributed by atoms with E-state index in [2.05, 4.69) is 14.9 Å². The minimum Gasteiger partial charge on any atom is -0.475 e. The zero-order valence-corrected chi connectivity index (χ0v) is 22.2. The highest BCUT2D eigenvalue weighted by Gasteiger charge is 2.48. The molecule has 5 atom stereocenters. The molecule has 1 aromatic carbocycles. The maximum atomic E-state index is 12.4. The lowest BCUT2D eigenvalue weighted by molar-refractivity contribution is -0.298. The Morgan fingerprint density at radius 1 is 1.10 bits per heavy atom. The average molecular weight is 569 g/mol. The van der Waals surface area contributed by atoms with Gasteiger partial charge in [-0.3, -0.25) is 5.41 Å². The van der Waals surface area contributed by atoms with Gasteiger partial charge in [-0.05, 0) is 50.2 Å². The molecule has 1 aliphatic rings. The van der Waals surface area contributed by atoms with Crippen LogP contribution in [0.4, 0.5) is 13.2 Å². The molecule has 39 heavy (non-hydrogen) atoms. The molecule has 2 aromatic heterocycles. The van der Waals surface area contributed by atoms with E-state index in [0.717, 1.165) is 16.2 Å². The molecule has 4 rings (SSSR count). The lowest BCUT2D eigenvalue weighted by atomic mass is 9.99. The van der Waals surface area contributed by atoms with Crippen LogP contribution in [0.1, 0.15) is 18.7 Å². The molecule has 0 aliphatic carbocycles. The van der Waals surface area contributed by atoms with Crippen LogP contribution < -0.4 is 4.74 Å². The summed E-state index contributed by atoms with van der Waals surface area (Å²) >= 11 is 1.44. The van der Waals surface area contributed by atoms with Crippen LogP contribution in [0, 0.1) is 5.41 Å². The predicted molar refractivity (Wildman–Crippen MR) is 136 cm³/mol. The second-order valence-corrected chi connectivity index (χ2v) is 9.57. The van der Waals surface area contributed by atoms with Crippen LogP contribution in [0.5, 0.6) is 5.75 Å². The number of benzene rings is 1. The number of thiophene rings is 1. The molecule has 1 saturated heterocycles. The molecule has 0 spiro atoms. The molecular weight excluding hydrogens is 541 g/mol. The van der Waals surface area contributed by atoms with Crippen molar-refractivity contribution in [3.63, 3.8) is 0 Å². The van der Waals surface area contributed by atoms with E-state index in [0.29, 0.717) is 17.1 Å². The summed E-state index contributed by atoms with van der Waals surface area (Å²) < 4.78 is 65.1. The number of methoxy groups -OCH3 is 2. The first-order valence-corrected chi connectivity index (χ1v) is 12.5. The summed E-state index contributed by atoms with van der Waals surface area (Å²) in [4.78, 5) is 11.8.